The number of nitrogens with two attached hydrogens (primary N) is 1. The molecule has 0 unspecified atom stereocenters. The molecule has 90 heavy (non-hydrogen) atoms. The monoisotopic (exact) mass is 1600 g/mol. The normalized spacial score (nSPS) is 10.5. The third kappa shape index (κ3) is 147. The summed E-state index contributed by atoms with van der Waals surface area (Å²) in [5.41, 5.74) is 7.34. The van der Waals surface area contributed by atoms with Crippen LogP contribution in [-0.4, -0.2) is 329 Å². The molecule has 0 saturated carbocycles. The topological polar surface area (TPSA) is 393 Å². The largest absolute Gasteiger partial charge is 0.412 e. The molecule has 0 aliphatic carbocycles. The van der Waals surface area contributed by atoms with E-state index in [0.29, 0.717) is 46.0 Å². The smallest absolute Gasteiger partial charge is 0.160 e. The number of rotatable bonds is 49. The molecule has 19 nitrogen and oxygen atoms in total. The zero-order valence-corrected chi connectivity index (χ0v) is 67.9. The minimum Gasteiger partial charge on any atom is -0.412 e. The van der Waals surface area contributed by atoms with Crippen LogP contribution in [0.1, 0.15) is 55.4 Å². The molecule has 552 valence electrons. The Kier molecular flexibility index (Phi) is 129. The average Bonchev–Trinajstić information content (AvgIpc) is 3.57. The van der Waals surface area contributed by atoms with Gasteiger partial charge in [-0.2, -0.15) is 188 Å². The number of nitrogen functional groups attached to an aromatic ring is 1. The molecule has 0 amide bonds. The third-order valence-electron chi connectivity index (χ3n) is 7.94. The van der Waals surface area contributed by atoms with Crippen molar-refractivity contribution in [2.75, 3.05) is 202 Å². The number of aliphatic hydroxyl groups excluding tert-OH is 8. The first-order valence-corrected chi connectivity index (χ1v) is 47.6. The summed E-state index contributed by atoms with van der Waals surface area (Å²) < 4.78 is 0. The molecular formula is C55H124N2O17S16. The summed E-state index contributed by atoms with van der Waals surface area (Å²) >= 11 is 27.6. The Bertz CT molecular complexity index is 1110. The molecule has 35 heteroatoms. The molecule has 21 N–H and O–H groups in total. The van der Waals surface area contributed by atoms with Crippen LogP contribution in [0.25, 0.3) is 0 Å². The zero-order chi connectivity index (χ0) is 69.3. The van der Waals surface area contributed by atoms with Crippen molar-refractivity contribution in [1.82, 2.24) is 0 Å². The van der Waals surface area contributed by atoms with Gasteiger partial charge in [0.05, 0.1) is 0 Å². The van der Waals surface area contributed by atoms with E-state index in [4.69, 9.17) is 87.4 Å². The Morgan fingerprint density at radius 2 is 0.378 bits per heavy atom. The molecule has 0 saturated heterocycles. The molecule has 0 aliphatic rings. The van der Waals surface area contributed by atoms with E-state index < -0.39 is 50.3 Å². The molecule has 0 aromatic heterocycles. The molecule has 0 heterocycles. The van der Waals surface area contributed by atoms with Crippen molar-refractivity contribution in [3.05, 3.63) is 24.3 Å². The number of thioether (sulfide) groups is 16. The van der Waals surface area contributed by atoms with Crippen LogP contribution >= 0.6 is 188 Å². The lowest BCUT2D eigenvalue weighted by Gasteiger charge is -2.01. The Balaban J connectivity index is -0.000000117. The second kappa shape index (κ2) is 104. The highest BCUT2D eigenvalue weighted by atomic mass is 32.2. The molecule has 0 radical (unpaired) electrons. The van der Waals surface area contributed by atoms with Crippen LogP contribution < -0.4 is 11.1 Å². The fraction of sp³-hybridized carbons (Fsp3) is 0.891. The molecule has 0 atom stereocenters. The van der Waals surface area contributed by atoms with Gasteiger partial charge in [0.25, 0.3) is 0 Å². The zero-order valence-electron chi connectivity index (χ0n) is 54.8. The second-order valence-electron chi connectivity index (χ2n) is 15.9. The van der Waals surface area contributed by atoms with Gasteiger partial charge < -0.3 is 98.2 Å². The molecule has 1 rings (SSSR count). The minimum absolute atomic E-state index is 0. The maximum absolute atomic E-state index is 8.44. The van der Waals surface area contributed by atoms with Crippen LogP contribution in [0.5, 0.6) is 0 Å². The molecular weight excluding hydrogens is 1470 g/mol. The molecule has 0 spiro atoms. The van der Waals surface area contributed by atoms with Crippen molar-refractivity contribution in [2.45, 2.75) is 106 Å². The van der Waals surface area contributed by atoms with Gasteiger partial charge in [-0.1, -0.05) is 55.4 Å². The molecule has 0 bridgehead atoms. The van der Waals surface area contributed by atoms with E-state index in [0.717, 1.165) is 149 Å². The summed E-state index contributed by atoms with van der Waals surface area (Å²) in [5, 5.41) is 138. The molecule has 0 fully saturated rings. The lowest BCUT2D eigenvalue weighted by Crippen LogP contribution is -2.07. The van der Waals surface area contributed by atoms with Crippen molar-refractivity contribution in [2.24, 2.45) is 0 Å². The predicted octanol–water partition coefficient (Wildman–Crippen LogP) is 6.75. The first-order valence-electron chi connectivity index (χ1n) is 29.2. The van der Waals surface area contributed by atoms with Gasteiger partial charge in [0.1, 0.15) is 0 Å². The summed E-state index contributed by atoms with van der Waals surface area (Å²) in [5.74, 6) is 29.5. The summed E-state index contributed by atoms with van der Waals surface area (Å²) in [6.45, 7) is 17.0. The number of benzene rings is 1. The number of nitrogens with one attached hydrogen (secondary N) is 1. The van der Waals surface area contributed by atoms with E-state index in [1.54, 1.807) is 94.1 Å². The van der Waals surface area contributed by atoms with E-state index in [1.165, 1.54) is 0 Å². The van der Waals surface area contributed by atoms with Crippen LogP contribution in [0, 0.1) is 0 Å². The maximum Gasteiger partial charge on any atom is 0.160 e. The van der Waals surface area contributed by atoms with Crippen molar-refractivity contribution < 1.29 is 87.2 Å². The van der Waals surface area contributed by atoms with E-state index >= 15 is 0 Å². The van der Waals surface area contributed by atoms with E-state index in [9.17, 15) is 0 Å². The van der Waals surface area contributed by atoms with Gasteiger partial charge in [-0.15, -0.1) is 0 Å². The number of aliphatic hydroxyl groups is 16. The van der Waals surface area contributed by atoms with Crippen molar-refractivity contribution in [3.8, 4) is 0 Å². The summed E-state index contributed by atoms with van der Waals surface area (Å²) in [7, 11) is 1.88. The SMILES string of the molecule is CCSCCSCC(O)O.CCSCCSCC(O)O.CCSCCSCC(O)O.CCSCCSCC(O)O.CCSCCSCC(O)O.CCSCCSCC(O)O.CCSCCSCC(O)O.CCSCCSCC(O)O.CNc1ccc(N)cc1.O. The lowest BCUT2D eigenvalue weighted by molar-refractivity contribution is -0.0193. The molecule has 0 aliphatic heterocycles. The second-order valence-corrected chi connectivity index (χ2v) is 36.2. The van der Waals surface area contributed by atoms with E-state index in [1.807, 2.05) is 125 Å². The highest BCUT2D eigenvalue weighted by Gasteiger charge is 2.01. The van der Waals surface area contributed by atoms with Crippen LogP contribution in [0.4, 0.5) is 11.4 Å². The maximum atomic E-state index is 8.44. The van der Waals surface area contributed by atoms with Gasteiger partial charge >= 0.3 is 0 Å². The summed E-state index contributed by atoms with van der Waals surface area (Å²) in [4.78, 5) is 0. The van der Waals surface area contributed by atoms with E-state index in [-0.39, 0.29) is 5.48 Å². The highest BCUT2D eigenvalue weighted by Crippen LogP contribution is 2.13. The molecule has 1 aromatic carbocycles. The fourth-order valence-corrected chi connectivity index (χ4v) is 17.1. The Hall–Kier alpha value is 3.74. The average molecular weight is 1600 g/mol. The lowest BCUT2D eigenvalue weighted by atomic mass is 10.3. The van der Waals surface area contributed by atoms with E-state index in [2.05, 4.69) is 60.7 Å². The van der Waals surface area contributed by atoms with Crippen LogP contribution in [0.3, 0.4) is 0 Å². The first-order chi connectivity index (χ1) is 42.5. The van der Waals surface area contributed by atoms with Gasteiger partial charge in [-0.05, 0) is 70.3 Å². The predicted molar refractivity (Wildman–Crippen MR) is 432 cm³/mol. The van der Waals surface area contributed by atoms with Gasteiger partial charge in [0.15, 0.2) is 50.3 Å². The van der Waals surface area contributed by atoms with Crippen molar-refractivity contribution >= 4 is 200 Å². The van der Waals surface area contributed by atoms with Gasteiger partial charge in [0, 0.05) is 156 Å². The van der Waals surface area contributed by atoms with Gasteiger partial charge in [0.2, 0.25) is 0 Å². The quantitative estimate of drug-likeness (QED) is 0.0182. The Morgan fingerprint density at radius 1 is 0.256 bits per heavy atom. The van der Waals surface area contributed by atoms with Gasteiger partial charge in [-0.3, -0.25) is 0 Å². The van der Waals surface area contributed by atoms with Crippen molar-refractivity contribution in [1.29, 1.82) is 0 Å². The van der Waals surface area contributed by atoms with Crippen LogP contribution in [-0.2, 0) is 0 Å². The first kappa shape index (κ1) is 112. The Labute approximate surface area is 612 Å². The van der Waals surface area contributed by atoms with Crippen LogP contribution in [0.2, 0.25) is 0 Å². The standard InChI is InChI=1S/C7H10N2.8C6H14O2S2.H2O/c1-9-7-4-2-6(8)3-5-7;8*1-2-9-3-4-10-5-6(7)8;/h2-5,9H,8H2,1H3;8*6-8H,2-5H2,1H3;1H2. The highest BCUT2D eigenvalue weighted by molar-refractivity contribution is 8.05. The number of hydrogen-bond donors (Lipinski definition) is 18. The Morgan fingerprint density at radius 3 is 0.478 bits per heavy atom. The molecule has 1 aromatic rings. The minimum atomic E-state index is -1.14. The summed E-state index contributed by atoms with van der Waals surface area (Å²) in [6.07, 6.45) is -9.14. The van der Waals surface area contributed by atoms with Crippen molar-refractivity contribution in [3.63, 3.8) is 0 Å². The van der Waals surface area contributed by atoms with Gasteiger partial charge in [-0.25, -0.2) is 0 Å². The van der Waals surface area contributed by atoms with Crippen LogP contribution in [0.15, 0.2) is 24.3 Å². The fourth-order valence-electron chi connectivity index (χ4n) is 4.26. The number of hydrogen-bond acceptors (Lipinski definition) is 34. The summed E-state index contributed by atoms with van der Waals surface area (Å²) in [6, 6.07) is 7.61. The third-order valence-corrected chi connectivity index (χ3v) is 25.4. The number of anilines is 2.